The number of nitrogens with one attached hydrogen (secondary N) is 1. The van der Waals surface area contributed by atoms with Gasteiger partial charge >= 0.3 is 0 Å². The summed E-state index contributed by atoms with van der Waals surface area (Å²) in [5, 5.41) is 12.4. The Morgan fingerprint density at radius 2 is 2.00 bits per heavy atom. The fourth-order valence-electron chi connectivity index (χ4n) is 2.52. The van der Waals surface area contributed by atoms with Gasteiger partial charge in [0.25, 0.3) is 10.0 Å². The van der Waals surface area contributed by atoms with E-state index in [1.807, 2.05) is 13.8 Å². The lowest BCUT2D eigenvalue weighted by molar-refractivity contribution is 0.0237. The van der Waals surface area contributed by atoms with Crippen molar-refractivity contribution in [2.45, 2.75) is 57.0 Å². The Hall–Kier alpha value is -1.51. The van der Waals surface area contributed by atoms with E-state index in [9.17, 15) is 17.9 Å². The number of halogens is 1. The van der Waals surface area contributed by atoms with Crippen molar-refractivity contribution < 1.29 is 17.9 Å². The lowest BCUT2D eigenvalue weighted by Gasteiger charge is -2.24. The molecule has 25 heavy (non-hydrogen) atoms. The summed E-state index contributed by atoms with van der Waals surface area (Å²) in [6.45, 7) is 5.42. The van der Waals surface area contributed by atoms with E-state index in [1.165, 1.54) is 23.5 Å². The molecule has 5 nitrogen and oxygen atoms in total. The minimum Gasteiger partial charge on any atom is -0.390 e. The molecule has 0 unspecified atom stereocenters. The molecule has 138 valence electrons. The molecule has 0 bridgehead atoms. The third-order valence-corrected chi connectivity index (χ3v) is 6.80. The summed E-state index contributed by atoms with van der Waals surface area (Å²) in [4.78, 5) is 4.31. The fraction of sp³-hybridized carbons (Fsp3) is 0.471. The number of hydrogen-bond donors (Lipinski definition) is 2. The molecule has 1 aromatic heterocycles. The molecule has 1 heterocycles. The van der Waals surface area contributed by atoms with Gasteiger partial charge in [-0.1, -0.05) is 13.8 Å². The molecule has 0 aliphatic heterocycles. The molecule has 0 atom stereocenters. The Kier molecular flexibility index (Phi) is 6.18. The van der Waals surface area contributed by atoms with Crippen LogP contribution in [0.15, 0.2) is 28.5 Å². The van der Waals surface area contributed by atoms with Crippen molar-refractivity contribution in [3.63, 3.8) is 0 Å². The molecular weight excluding hydrogens is 363 g/mol. The van der Waals surface area contributed by atoms with E-state index in [4.69, 9.17) is 0 Å². The average Bonchev–Trinajstić information content (AvgIpc) is 2.99. The Morgan fingerprint density at radius 3 is 2.60 bits per heavy atom. The first-order chi connectivity index (χ1) is 11.7. The van der Waals surface area contributed by atoms with Crippen molar-refractivity contribution >= 4 is 26.5 Å². The van der Waals surface area contributed by atoms with E-state index in [1.54, 1.807) is 12.3 Å². The first kappa shape index (κ1) is 19.8. The van der Waals surface area contributed by atoms with Gasteiger partial charge in [-0.05, 0) is 56.4 Å². The number of hydrogen-bond acceptors (Lipinski definition) is 5. The van der Waals surface area contributed by atoms with Crippen LogP contribution in [-0.2, 0) is 16.4 Å². The van der Waals surface area contributed by atoms with Crippen molar-refractivity contribution in [1.29, 1.82) is 0 Å². The van der Waals surface area contributed by atoms with Gasteiger partial charge in [0.1, 0.15) is 5.82 Å². The Morgan fingerprint density at radius 1 is 1.32 bits per heavy atom. The highest BCUT2D eigenvalue weighted by Crippen LogP contribution is 2.26. The van der Waals surface area contributed by atoms with Gasteiger partial charge in [0.2, 0.25) is 0 Å². The molecule has 2 rings (SSSR count). The predicted molar refractivity (Wildman–Crippen MR) is 97.9 cm³/mol. The number of nitrogens with zero attached hydrogens (tertiary/aromatic N) is 1. The van der Waals surface area contributed by atoms with E-state index >= 15 is 0 Å². The van der Waals surface area contributed by atoms with Gasteiger partial charge in [-0.3, -0.25) is 4.72 Å². The van der Waals surface area contributed by atoms with Crippen molar-refractivity contribution in [3.8, 4) is 0 Å². The highest BCUT2D eigenvalue weighted by Gasteiger charge is 2.23. The van der Waals surface area contributed by atoms with E-state index in [2.05, 4.69) is 9.71 Å². The van der Waals surface area contributed by atoms with Gasteiger partial charge in [-0.15, -0.1) is 11.3 Å². The molecule has 0 amide bonds. The second-order valence-electron chi connectivity index (χ2n) is 6.09. The molecule has 0 saturated carbocycles. The van der Waals surface area contributed by atoms with Crippen LogP contribution in [0.2, 0.25) is 0 Å². The van der Waals surface area contributed by atoms with E-state index in [0.717, 1.165) is 11.8 Å². The van der Waals surface area contributed by atoms with Crippen molar-refractivity contribution in [3.05, 3.63) is 40.7 Å². The van der Waals surface area contributed by atoms with Gasteiger partial charge < -0.3 is 5.11 Å². The molecule has 1 aromatic carbocycles. The van der Waals surface area contributed by atoms with Gasteiger partial charge in [0.05, 0.1) is 16.2 Å². The number of aromatic nitrogens is 1. The van der Waals surface area contributed by atoms with Gasteiger partial charge in [0.15, 0.2) is 5.13 Å². The minimum atomic E-state index is -3.82. The zero-order valence-electron chi connectivity index (χ0n) is 14.5. The molecule has 2 aromatic rings. The Labute approximate surface area is 152 Å². The number of aryl methyl sites for hydroxylation is 2. The highest BCUT2D eigenvalue weighted by atomic mass is 32.2. The van der Waals surface area contributed by atoms with Crippen LogP contribution in [0.4, 0.5) is 9.52 Å². The van der Waals surface area contributed by atoms with Crippen LogP contribution < -0.4 is 4.72 Å². The quantitative estimate of drug-likeness (QED) is 0.722. The molecule has 2 N–H and O–H groups in total. The average molecular weight is 387 g/mol. The molecule has 0 saturated heterocycles. The van der Waals surface area contributed by atoms with Crippen molar-refractivity contribution in [2.24, 2.45) is 0 Å². The minimum absolute atomic E-state index is 0.0250. The SMILES string of the molecule is CCC(O)(CC)CCc1csc(NS(=O)(=O)c2ccc(F)cc2C)n1. The molecular formula is C17H23FN2O3S2. The standard InChI is InChI=1S/C17H23FN2O3S2/c1-4-17(21,5-2)9-8-14-11-24-16(19-14)20-25(22,23)15-7-6-13(18)10-12(15)3/h6-7,10-11,21H,4-5,8-9H2,1-3H3,(H,19,20). The number of sulfonamides is 1. The van der Waals surface area contributed by atoms with Crippen LogP contribution in [0.25, 0.3) is 0 Å². The van der Waals surface area contributed by atoms with E-state index in [0.29, 0.717) is 31.2 Å². The number of anilines is 1. The van der Waals surface area contributed by atoms with Crippen LogP contribution in [0, 0.1) is 12.7 Å². The molecule has 8 heteroatoms. The first-order valence-electron chi connectivity index (χ1n) is 8.15. The predicted octanol–water partition coefficient (Wildman–Crippen LogP) is 3.88. The molecule has 0 spiro atoms. The summed E-state index contributed by atoms with van der Waals surface area (Å²) in [6, 6.07) is 3.54. The topological polar surface area (TPSA) is 79.3 Å². The molecule has 0 aliphatic carbocycles. The lowest BCUT2D eigenvalue weighted by atomic mass is 9.91. The van der Waals surface area contributed by atoms with Gasteiger partial charge in [0, 0.05) is 5.38 Å². The third-order valence-electron chi connectivity index (χ3n) is 4.36. The second kappa shape index (κ2) is 7.80. The van der Waals surface area contributed by atoms with Crippen LogP contribution in [0.1, 0.15) is 44.4 Å². The maximum atomic E-state index is 13.2. The van der Waals surface area contributed by atoms with E-state index < -0.39 is 21.4 Å². The number of aliphatic hydroxyl groups is 1. The van der Waals surface area contributed by atoms with Crippen molar-refractivity contribution in [1.82, 2.24) is 4.98 Å². The molecule has 0 radical (unpaired) electrons. The largest absolute Gasteiger partial charge is 0.390 e. The summed E-state index contributed by atoms with van der Waals surface area (Å²) >= 11 is 1.19. The summed E-state index contributed by atoms with van der Waals surface area (Å²) < 4.78 is 40.5. The van der Waals surface area contributed by atoms with Crippen LogP contribution in [0.3, 0.4) is 0 Å². The zero-order chi connectivity index (χ0) is 18.7. The summed E-state index contributed by atoms with van der Waals surface area (Å²) in [5.74, 6) is -0.479. The third kappa shape index (κ3) is 4.99. The maximum Gasteiger partial charge on any atom is 0.263 e. The zero-order valence-corrected chi connectivity index (χ0v) is 16.2. The highest BCUT2D eigenvalue weighted by molar-refractivity contribution is 7.93. The van der Waals surface area contributed by atoms with Crippen LogP contribution >= 0.6 is 11.3 Å². The number of thiazole rings is 1. The van der Waals surface area contributed by atoms with Crippen LogP contribution in [0.5, 0.6) is 0 Å². The summed E-state index contributed by atoms with van der Waals surface area (Å²) in [7, 11) is -3.82. The second-order valence-corrected chi connectivity index (χ2v) is 8.60. The first-order valence-corrected chi connectivity index (χ1v) is 10.5. The smallest absolute Gasteiger partial charge is 0.263 e. The number of rotatable bonds is 8. The van der Waals surface area contributed by atoms with E-state index in [-0.39, 0.29) is 10.0 Å². The number of benzene rings is 1. The Balaban J connectivity index is 2.10. The summed E-state index contributed by atoms with van der Waals surface area (Å²) in [6.07, 6.45) is 2.48. The lowest BCUT2D eigenvalue weighted by Crippen LogP contribution is -2.27. The fourth-order valence-corrected chi connectivity index (χ4v) is 4.74. The van der Waals surface area contributed by atoms with Gasteiger partial charge in [-0.25, -0.2) is 17.8 Å². The maximum absolute atomic E-state index is 13.2. The Bertz CT molecular complexity index is 830. The molecule has 0 aliphatic rings. The van der Waals surface area contributed by atoms with Crippen LogP contribution in [-0.4, -0.2) is 24.1 Å². The summed E-state index contributed by atoms with van der Waals surface area (Å²) in [5.41, 5.74) is 0.355. The monoisotopic (exact) mass is 386 g/mol. The van der Waals surface area contributed by atoms with Crippen molar-refractivity contribution in [2.75, 3.05) is 4.72 Å². The normalized spacial score (nSPS) is 12.4. The molecule has 0 fully saturated rings. The van der Waals surface area contributed by atoms with Gasteiger partial charge in [-0.2, -0.15) is 0 Å².